The molecule has 0 aliphatic rings. The predicted octanol–water partition coefficient (Wildman–Crippen LogP) is 6.22. The number of amides is 3. The standard InChI is InChI=1S/C35H54N4O10/c1-32(2,3)46-28(41)27(40)22-45-25-16-14-23(15-17-25)26-20-24(39(37-26)19-13-18-36-29(42)47-33(4,5)6)21-38(30(43)48-34(7,8)9)31(44)49-35(10,11)12/h14-17,20,27,40H,13,18-19,21-22H2,1-12H3,(H,36,42)/t27-/m1/s1. The number of rotatable bonds is 11. The number of carbonyl (C=O) groups excluding carboxylic acids is 4. The minimum absolute atomic E-state index is 0.208. The van der Waals surface area contributed by atoms with E-state index in [0.717, 1.165) is 4.90 Å². The Balaban J connectivity index is 2.33. The molecule has 0 saturated carbocycles. The van der Waals surface area contributed by atoms with E-state index in [2.05, 4.69) is 5.32 Å². The van der Waals surface area contributed by atoms with Crippen LogP contribution in [-0.2, 0) is 36.8 Å². The molecule has 1 aromatic carbocycles. The molecule has 14 nitrogen and oxygen atoms in total. The number of benzene rings is 1. The number of imide groups is 1. The second kappa shape index (κ2) is 16.4. The third-order valence-corrected chi connectivity index (χ3v) is 5.86. The first-order valence-electron chi connectivity index (χ1n) is 16.2. The van der Waals surface area contributed by atoms with E-state index in [9.17, 15) is 24.3 Å². The summed E-state index contributed by atoms with van der Waals surface area (Å²) in [6.07, 6.45) is -3.30. The molecule has 274 valence electrons. The van der Waals surface area contributed by atoms with Gasteiger partial charge in [-0.3, -0.25) is 4.68 Å². The van der Waals surface area contributed by atoms with Gasteiger partial charge in [-0.25, -0.2) is 24.1 Å². The van der Waals surface area contributed by atoms with E-state index in [-0.39, 0.29) is 19.7 Å². The molecule has 14 heteroatoms. The minimum Gasteiger partial charge on any atom is -0.490 e. The number of aryl methyl sites for hydroxylation is 1. The van der Waals surface area contributed by atoms with Crippen molar-refractivity contribution in [1.29, 1.82) is 0 Å². The maximum absolute atomic E-state index is 13.2. The Labute approximate surface area is 289 Å². The number of alkyl carbamates (subject to hydrolysis) is 1. The van der Waals surface area contributed by atoms with Crippen molar-refractivity contribution in [3.63, 3.8) is 0 Å². The Bertz CT molecular complexity index is 1400. The van der Waals surface area contributed by atoms with Crippen molar-refractivity contribution in [2.45, 2.75) is 131 Å². The highest BCUT2D eigenvalue weighted by Crippen LogP contribution is 2.25. The maximum atomic E-state index is 13.2. The van der Waals surface area contributed by atoms with E-state index in [1.807, 2.05) is 0 Å². The number of aromatic nitrogens is 2. The number of nitrogens with one attached hydrogen (secondary N) is 1. The molecule has 1 atom stereocenters. The average Bonchev–Trinajstić information content (AvgIpc) is 3.31. The Morgan fingerprint density at radius 3 is 1.80 bits per heavy atom. The van der Waals surface area contributed by atoms with Crippen LogP contribution in [0.25, 0.3) is 11.3 Å². The molecule has 0 unspecified atom stereocenters. The van der Waals surface area contributed by atoms with Crippen LogP contribution in [0.15, 0.2) is 30.3 Å². The second-order valence-corrected chi connectivity index (χ2v) is 15.5. The largest absolute Gasteiger partial charge is 0.490 e. The summed E-state index contributed by atoms with van der Waals surface area (Å²) in [7, 11) is 0. The molecule has 0 radical (unpaired) electrons. The van der Waals surface area contributed by atoms with E-state index in [4.69, 9.17) is 28.8 Å². The van der Waals surface area contributed by atoms with Crippen LogP contribution in [0.4, 0.5) is 14.4 Å². The van der Waals surface area contributed by atoms with Crippen LogP contribution >= 0.6 is 0 Å². The summed E-state index contributed by atoms with van der Waals surface area (Å²) in [6, 6.07) is 8.55. The fourth-order valence-corrected chi connectivity index (χ4v) is 3.99. The molecule has 1 aromatic heterocycles. The van der Waals surface area contributed by atoms with Gasteiger partial charge in [0.1, 0.15) is 34.8 Å². The Morgan fingerprint density at radius 2 is 1.31 bits per heavy atom. The molecular weight excluding hydrogens is 636 g/mol. The van der Waals surface area contributed by atoms with Crippen molar-refractivity contribution in [3.8, 4) is 17.0 Å². The van der Waals surface area contributed by atoms with Crippen LogP contribution in [-0.4, -0.2) is 85.7 Å². The molecule has 49 heavy (non-hydrogen) atoms. The van der Waals surface area contributed by atoms with Gasteiger partial charge in [-0.1, -0.05) is 0 Å². The normalized spacial score (nSPS) is 12.8. The maximum Gasteiger partial charge on any atom is 0.420 e. The van der Waals surface area contributed by atoms with Gasteiger partial charge in [-0.15, -0.1) is 0 Å². The van der Waals surface area contributed by atoms with Crippen molar-refractivity contribution in [2.75, 3.05) is 13.2 Å². The molecule has 0 aliphatic carbocycles. The molecule has 1 heterocycles. The summed E-state index contributed by atoms with van der Waals surface area (Å²) in [5, 5.41) is 17.6. The fourth-order valence-electron chi connectivity index (χ4n) is 3.99. The zero-order valence-corrected chi connectivity index (χ0v) is 31.0. The quantitative estimate of drug-likeness (QED) is 0.156. The van der Waals surface area contributed by atoms with E-state index in [1.165, 1.54) is 0 Å². The zero-order chi connectivity index (χ0) is 37.4. The number of hydrogen-bond donors (Lipinski definition) is 2. The number of nitrogens with zero attached hydrogens (tertiary/aromatic N) is 3. The third kappa shape index (κ3) is 15.6. The molecule has 2 rings (SSSR count). The number of hydrogen-bond acceptors (Lipinski definition) is 11. The van der Waals surface area contributed by atoms with Crippen LogP contribution in [0.3, 0.4) is 0 Å². The van der Waals surface area contributed by atoms with Crippen LogP contribution in [0.2, 0.25) is 0 Å². The van der Waals surface area contributed by atoms with Crippen LogP contribution in [0.1, 0.15) is 95.2 Å². The summed E-state index contributed by atoms with van der Waals surface area (Å²) in [5.74, 6) is -0.379. The smallest absolute Gasteiger partial charge is 0.420 e. The van der Waals surface area contributed by atoms with Crippen LogP contribution in [0, 0.1) is 0 Å². The number of aliphatic hydroxyl groups excluding tert-OH is 1. The molecule has 0 aliphatic heterocycles. The number of aliphatic hydroxyl groups is 1. The fraction of sp³-hybridized carbons (Fsp3) is 0.629. The average molecular weight is 691 g/mol. The molecule has 3 amide bonds. The number of ether oxygens (including phenoxy) is 5. The molecule has 0 spiro atoms. The molecule has 2 aromatic rings. The Kier molecular flexibility index (Phi) is 13.7. The van der Waals surface area contributed by atoms with Gasteiger partial charge in [0, 0.05) is 18.7 Å². The summed E-state index contributed by atoms with van der Waals surface area (Å²) < 4.78 is 28.8. The van der Waals surface area contributed by atoms with Crippen molar-refractivity contribution >= 4 is 24.2 Å². The molecular formula is C35H54N4O10. The Hall–Kier alpha value is -4.33. The first-order chi connectivity index (χ1) is 22.3. The lowest BCUT2D eigenvalue weighted by Gasteiger charge is -2.28. The summed E-state index contributed by atoms with van der Waals surface area (Å²) in [5.41, 5.74) is -1.40. The minimum atomic E-state index is -1.46. The predicted molar refractivity (Wildman–Crippen MR) is 182 cm³/mol. The first-order valence-corrected chi connectivity index (χ1v) is 16.2. The highest BCUT2D eigenvalue weighted by molar-refractivity contribution is 5.88. The second-order valence-electron chi connectivity index (χ2n) is 15.5. The van der Waals surface area contributed by atoms with E-state index >= 15 is 0 Å². The van der Waals surface area contributed by atoms with Gasteiger partial charge >= 0.3 is 24.2 Å². The van der Waals surface area contributed by atoms with Gasteiger partial charge in [0.2, 0.25) is 0 Å². The third-order valence-electron chi connectivity index (χ3n) is 5.86. The lowest BCUT2D eigenvalue weighted by atomic mass is 10.1. The monoisotopic (exact) mass is 690 g/mol. The number of carbonyl (C=O) groups is 4. The van der Waals surface area contributed by atoms with Crippen molar-refractivity contribution in [3.05, 3.63) is 36.0 Å². The topological polar surface area (TPSA) is 168 Å². The van der Waals surface area contributed by atoms with Crippen molar-refractivity contribution < 1.29 is 48.0 Å². The summed E-state index contributed by atoms with van der Waals surface area (Å²) in [6.45, 7) is 20.7. The van der Waals surface area contributed by atoms with E-state index < -0.39 is 52.8 Å². The molecule has 0 saturated heterocycles. The molecule has 0 fully saturated rings. The van der Waals surface area contributed by atoms with Crippen LogP contribution < -0.4 is 10.1 Å². The van der Waals surface area contributed by atoms with Gasteiger partial charge in [0.05, 0.1) is 17.9 Å². The van der Waals surface area contributed by atoms with Gasteiger partial charge in [-0.05, 0) is 120 Å². The van der Waals surface area contributed by atoms with E-state index in [0.29, 0.717) is 35.7 Å². The summed E-state index contributed by atoms with van der Waals surface area (Å²) in [4.78, 5) is 51.6. The molecule has 2 N–H and O–H groups in total. The van der Waals surface area contributed by atoms with Crippen molar-refractivity contribution in [1.82, 2.24) is 20.0 Å². The van der Waals surface area contributed by atoms with Gasteiger partial charge < -0.3 is 34.1 Å². The van der Waals surface area contributed by atoms with Crippen molar-refractivity contribution in [2.24, 2.45) is 0 Å². The molecule has 0 bridgehead atoms. The highest BCUT2D eigenvalue weighted by Gasteiger charge is 2.32. The first kappa shape index (κ1) is 40.8. The highest BCUT2D eigenvalue weighted by atomic mass is 16.6. The summed E-state index contributed by atoms with van der Waals surface area (Å²) >= 11 is 0. The number of esters is 1. The SMILES string of the molecule is CC(C)(C)OC(=O)NCCCn1nc(-c2ccc(OC[C@@H](O)C(=O)OC(C)(C)C)cc2)cc1CN(C(=O)OC(C)(C)C)C(=O)OC(C)(C)C. The zero-order valence-electron chi connectivity index (χ0n) is 31.0. The lowest BCUT2D eigenvalue weighted by Crippen LogP contribution is -2.43. The lowest BCUT2D eigenvalue weighted by molar-refractivity contribution is -0.166. The van der Waals surface area contributed by atoms with Crippen LogP contribution in [0.5, 0.6) is 5.75 Å². The van der Waals surface area contributed by atoms with Gasteiger partial charge in [0.25, 0.3) is 0 Å². The van der Waals surface area contributed by atoms with Gasteiger partial charge in [-0.2, -0.15) is 5.10 Å². The van der Waals surface area contributed by atoms with Gasteiger partial charge in [0.15, 0.2) is 6.10 Å². The van der Waals surface area contributed by atoms with E-state index in [1.54, 1.807) is 118 Å². The Morgan fingerprint density at radius 1 is 0.796 bits per heavy atom.